The maximum atomic E-state index is 11.9. The summed E-state index contributed by atoms with van der Waals surface area (Å²) in [5, 5.41) is 0.685. The number of fused-ring (bicyclic) bond motifs is 1. The summed E-state index contributed by atoms with van der Waals surface area (Å²) in [6.45, 7) is 2.59. The van der Waals surface area contributed by atoms with Crippen molar-refractivity contribution in [2.75, 3.05) is 12.4 Å². The van der Waals surface area contributed by atoms with Crippen LogP contribution in [0.5, 0.6) is 0 Å². The van der Waals surface area contributed by atoms with Crippen molar-refractivity contribution in [3.8, 4) is 0 Å². The zero-order valence-electron chi connectivity index (χ0n) is 8.93. The highest BCUT2D eigenvalue weighted by atomic mass is 32.2. The summed E-state index contributed by atoms with van der Waals surface area (Å²) in [6, 6.07) is 0. The highest BCUT2D eigenvalue weighted by Gasteiger charge is 2.19. The second kappa shape index (κ2) is 4.69. The summed E-state index contributed by atoms with van der Waals surface area (Å²) in [7, 11) is 0. The molecule has 0 fully saturated rings. The highest BCUT2D eigenvalue weighted by Crippen LogP contribution is 2.20. The van der Waals surface area contributed by atoms with Crippen LogP contribution in [-0.4, -0.2) is 27.9 Å². The Kier molecular flexibility index (Phi) is 3.28. The van der Waals surface area contributed by atoms with E-state index in [0.717, 1.165) is 12.2 Å². The van der Waals surface area contributed by atoms with Crippen LogP contribution in [0.25, 0.3) is 0 Å². The first kappa shape index (κ1) is 11.2. The van der Waals surface area contributed by atoms with Crippen molar-refractivity contribution >= 4 is 17.7 Å². The maximum Gasteiger partial charge on any atom is 0.345 e. The van der Waals surface area contributed by atoms with Gasteiger partial charge >= 0.3 is 5.97 Å². The Morgan fingerprint density at radius 2 is 2.50 bits per heavy atom. The van der Waals surface area contributed by atoms with Gasteiger partial charge in [0, 0.05) is 18.5 Å². The van der Waals surface area contributed by atoms with Crippen molar-refractivity contribution < 1.29 is 9.53 Å². The summed E-state index contributed by atoms with van der Waals surface area (Å²) in [5.41, 5.74) is -0.274. The van der Waals surface area contributed by atoms with Gasteiger partial charge in [-0.15, -0.1) is 0 Å². The maximum absolute atomic E-state index is 11.9. The fraction of sp³-hybridized carbons (Fsp3) is 0.500. The van der Waals surface area contributed by atoms with Gasteiger partial charge in [0.25, 0.3) is 5.56 Å². The van der Waals surface area contributed by atoms with E-state index in [1.165, 1.54) is 18.0 Å². The van der Waals surface area contributed by atoms with E-state index in [1.807, 2.05) is 0 Å². The van der Waals surface area contributed by atoms with Crippen molar-refractivity contribution in [1.82, 2.24) is 9.55 Å². The third-order valence-electron chi connectivity index (χ3n) is 2.26. The lowest BCUT2D eigenvalue weighted by Gasteiger charge is -2.16. The fourth-order valence-electron chi connectivity index (χ4n) is 1.52. The molecule has 0 aromatic carbocycles. The zero-order valence-corrected chi connectivity index (χ0v) is 9.75. The van der Waals surface area contributed by atoms with Gasteiger partial charge in [0.05, 0.1) is 6.61 Å². The monoisotopic (exact) mass is 240 g/mol. The lowest BCUT2D eigenvalue weighted by molar-refractivity contribution is 0.0522. The first-order valence-electron chi connectivity index (χ1n) is 5.13. The van der Waals surface area contributed by atoms with Crippen LogP contribution in [0.3, 0.4) is 0 Å². The van der Waals surface area contributed by atoms with Gasteiger partial charge in [-0.2, -0.15) is 0 Å². The summed E-state index contributed by atoms with van der Waals surface area (Å²) >= 11 is 1.54. The lowest BCUT2D eigenvalue weighted by atomic mass is 10.3. The third kappa shape index (κ3) is 1.97. The largest absolute Gasteiger partial charge is 0.462 e. The molecule has 0 aliphatic carbocycles. The predicted octanol–water partition coefficient (Wildman–Crippen LogP) is 0.916. The zero-order chi connectivity index (χ0) is 11.5. The molecule has 0 atom stereocenters. The molecule has 0 spiro atoms. The summed E-state index contributed by atoms with van der Waals surface area (Å²) in [5.74, 6) is 0.372. The first-order chi connectivity index (χ1) is 7.74. The van der Waals surface area contributed by atoms with Gasteiger partial charge in [-0.25, -0.2) is 9.78 Å². The molecular formula is C10H12N2O3S. The summed E-state index contributed by atoms with van der Waals surface area (Å²) < 4.78 is 6.34. The van der Waals surface area contributed by atoms with Gasteiger partial charge < -0.3 is 4.74 Å². The quantitative estimate of drug-likeness (QED) is 0.568. The molecule has 16 heavy (non-hydrogen) atoms. The molecule has 5 nitrogen and oxygen atoms in total. The number of hydrogen-bond acceptors (Lipinski definition) is 5. The van der Waals surface area contributed by atoms with Gasteiger partial charge in [-0.05, 0) is 13.3 Å². The minimum absolute atomic E-state index is 0.0214. The number of rotatable bonds is 2. The second-order valence-electron chi connectivity index (χ2n) is 3.33. The average molecular weight is 240 g/mol. The topological polar surface area (TPSA) is 61.2 Å². The number of thioether (sulfide) groups is 1. The van der Waals surface area contributed by atoms with Gasteiger partial charge in [0.2, 0.25) is 0 Å². The Labute approximate surface area is 96.8 Å². The molecule has 1 aromatic heterocycles. The molecule has 2 heterocycles. The predicted molar refractivity (Wildman–Crippen MR) is 59.8 cm³/mol. The number of hydrogen-bond donors (Lipinski definition) is 0. The van der Waals surface area contributed by atoms with Crippen LogP contribution in [0.4, 0.5) is 0 Å². The number of carbonyl (C=O) groups is 1. The Hall–Kier alpha value is -1.30. The number of esters is 1. The van der Waals surface area contributed by atoms with E-state index in [4.69, 9.17) is 4.74 Å². The standard InChI is InChI=1S/C10H12N2O3S/c1-2-15-9(14)7-6-11-10-12(8(7)13)4-3-5-16-10/h6H,2-5H2,1H3. The van der Waals surface area contributed by atoms with E-state index < -0.39 is 5.97 Å². The Balaban J connectivity index is 2.42. The minimum Gasteiger partial charge on any atom is -0.462 e. The molecule has 2 rings (SSSR count). The average Bonchev–Trinajstić information content (AvgIpc) is 2.30. The van der Waals surface area contributed by atoms with Crippen LogP contribution in [0, 0.1) is 0 Å². The second-order valence-corrected chi connectivity index (χ2v) is 4.40. The molecule has 0 radical (unpaired) electrons. The molecule has 6 heteroatoms. The van der Waals surface area contributed by atoms with Crippen molar-refractivity contribution in [2.45, 2.75) is 25.0 Å². The van der Waals surface area contributed by atoms with Gasteiger partial charge in [0.15, 0.2) is 5.16 Å². The van der Waals surface area contributed by atoms with Crippen LogP contribution in [-0.2, 0) is 11.3 Å². The van der Waals surface area contributed by atoms with Crippen LogP contribution in [0.2, 0.25) is 0 Å². The molecule has 1 aliphatic heterocycles. The molecule has 0 saturated carbocycles. The van der Waals surface area contributed by atoms with Crippen LogP contribution in [0.15, 0.2) is 16.1 Å². The molecule has 0 N–H and O–H groups in total. The minimum atomic E-state index is -0.592. The summed E-state index contributed by atoms with van der Waals surface area (Å²) in [6.07, 6.45) is 2.23. The smallest absolute Gasteiger partial charge is 0.345 e. The molecule has 0 unspecified atom stereocenters. The summed E-state index contributed by atoms with van der Waals surface area (Å²) in [4.78, 5) is 27.5. The van der Waals surface area contributed by atoms with Crippen molar-refractivity contribution in [1.29, 1.82) is 0 Å². The van der Waals surface area contributed by atoms with E-state index in [9.17, 15) is 9.59 Å². The lowest BCUT2D eigenvalue weighted by Crippen LogP contribution is -2.31. The van der Waals surface area contributed by atoms with Crippen LogP contribution in [0.1, 0.15) is 23.7 Å². The van der Waals surface area contributed by atoms with Gasteiger partial charge in [-0.1, -0.05) is 11.8 Å². The molecular weight excluding hydrogens is 228 g/mol. The number of aromatic nitrogens is 2. The number of carbonyl (C=O) groups excluding carboxylic acids is 1. The third-order valence-corrected chi connectivity index (χ3v) is 3.34. The van der Waals surface area contributed by atoms with Crippen molar-refractivity contribution in [3.05, 3.63) is 22.1 Å². The van der Waals surface area contributed by atoms with E-state index >= 15 is 0 Å². The Morgan fingerprint density at radius 3 is 3.25 bits per heavy atom. The van der Waals surface area contributed by atoms with E-state index in [1.54, 1.807) is 11.5 Å². The number of nitrogens with zero attached hydrogens (tertiary/aromatic N) is 2. The van der Waals surface area contributed by atoms with Crippen LogP contribution < -0.4 is 5.56 Å². The number of ether oxygens (including phenoxy) is 1. The SMILES string of the molecule is CCOC(=O)c1cnc2n(c1=O)CCCS2. The normalized spacial score (nSPS) is 14.3. The Bertz CT molecular complexity index is 470. The molecule has 86 valence electrons. The van der Waals surface area contributed by atoms with Crippen molar-refractivity contribution in [2.24, 2.45) is 0 Å². The van der Waals surface area contributed by atoms with Crippen LogP contribution >= 0.6 is 11.8 Å². The molecule has 1 aromatic rings. The van der Waals surface area contributed by atoms with E-state index in [0.29, 0.717) is 11.7 Å². The highest BCUT2D eigenvalue weighted by molar-refractivity contribution is 7.99. The first-order valence-corrected chi connectivity index (χ1v) is 6.12. The molecule has 1 aliphatic rings. The van der Waals surface area contributed by atoms with Gasteiger partial charge in [0.1, 0.15) is 5.56 Å². The molecule has 0 saturated heterocycles. The van der Waals surface area contributed by atoms with Crippen molar-refractivity contribution in [3.63, 3.8) is 0 Å². The molecule has 0 bridgehead atoms. The Morgan fingerprint density at radius 1 is 1.69 bits per heavy atom. The van der Waals surface area contributed by atoms with E-state index in [2.05, 4.69) is 4.98 Å². The fourth-order valence-corrected chi connectivity index (χ4v) is 2.44. The molecule has 0 amide bonds. The van der Waals surface area contributed by atoms with Gasteiger partial charge in [-0.3, -0.25) is 9.36 Å². The van der Waals surface area contributed by atoms with E-state index in [-0.39, 0.29) is 17.7 Å².